The highest BCUT2D eigenvalue weighted by Gasteiger charge is 2.07. The molecule has 0 unspecified atom stereocenters. The van der Waals surface area contributed by atoms with Crippen molar-refractivity contribution in [2.45, 2.75) is 6.92 Å². The molecule has 0 aliphatic heterocycles. The van der Waals surface area contributed by atoms with Gasteiger partial charge in [-0.1, -0.05) is 46.5 Å². The summed E-state index contributed by atoms with van der Waals surface area (Å²) in [6, 6.07) is 8.02. The zero-order valence-electron chi connectivity index (χ0n) is 7.47. The van der Waals surface area contributed by atoms with Crippen molar-refractivity contribution in [3.63, 3.8) is 0 Å². The number of aromatic nitrogens is 3. The van der Waals surface area contributed by atoms with Gasteiger partial charge in [0.15, 0.2) is 5.01 Å². The van der Waals surface area contributed by atoms with E-state index in [4.69, 9.17) is 12.2 Å². The second-order valence-corrected chi connectivity index (χ2v) is 4.00. The predicted octanol–water partition coefficient (Wildman–Crippen LogP) is 2.01. The smallest absolute Gasteiger partial charge is 0.116 e. The average Bonchev–Trinajstić information content (AvgIpc) is 2.71. The van der Waals surface area contributed by atoms with E-state index >= 15 is 0 Å². The van der Waals surface area contributed by atoms with Gasteiger partial charge in [0, 0.05) is 11.5 Å². The Morgan fingerprint density at radius 1 is 1.29 bits per heavy atom. The maximum Gasteiger partial charge on any atom is 0.179 e. The van der Waals surface area contributed by atoms with Crippen LogP contribution in [-0.4, -0.2) is 19.7 Å². The summed E-state index contributed by atoms with van der Waals surface area (Å²) >= 11 is 6.47. The first-order chi connectivity index (χ1) is 6.77. The molecular formula is C9H7N3S2. The minimum atomic E-state index is 0.698. The van der Waals surface area contributed by atoms with Crippen molar-refractivity contribution in [3.05, 3.63) is 40.4 Å². The molecule has 14 heavy (non-hydrogen) atoms. The van der Waals surface area contributed by atoms with Gasteiger partial charge in [0.25, 0.3) is 0 Å². The Labute approximate surface area is 91.0 Å². The summed E-state index contributed by atoms with van der Waals surface area (Å²) in [7, 11) is 0. The number of hydrogen-bond donors (Lipinski definition) is 0. The fourth-order valence-corrected chi connectivity index (χ4v) is 1.76. The first-order valence-corrected chi connectivity index (χ1v) is 5.22. The van der Waals surface area contributed by atoms with Gasteiger partial charge in [-0.2, -0.15) is 0 Å². The lowest BCUT2D eigenvalue weighted by Crippen LogP contribution is -1.98. The van der Waals surface area contributed by atoms with Gasteiger partial charge in [-0.3, -0.25) is 0 Å². The third-order valence-electron chi connectivity index (χ3n) is 1.81. The molecule has 1 heterocycles. The first-order valence-electron chi connectivity index (χ1n) is 4.04. The van der Waals surface area contributed by atoms with Gasteiger partial charge in [-0.15, -0.1) is 5.10 Å². The fourth-order valence-electron chi connectivity index (χ4n) is 1.05. The van der Waals surface area contributed by atoms with Crippen LogP contribution in [0.4, 0.5) is 0 Å². The van der Waals surface area contributed by atoms with Gasteiger partial charge in [-0.05, 0) is 17.7 Å². The zero-order valence-corrected chi connectivity index (χ0v) is 9.10. The molecule has 1 aromatic heterocycles. The van der Waals surface area contributed by atoms with Crippen LogP contribution < -0.4 is 0 Å². The Morgan fingerprint density at radius 2 is 2.00 bits per heavy atom. The van der Waals surface area contributed by atoms with E-state index in [1.54, 1.807) is 0 Å². The predicted molar refractivity (Wildman–Crippen MR) is 59.7 cm³/mol. The van der Waals surface area contributed by atoms with E-state index in [0.717, 1.165) is 5.56 Å². The third kappa shape index (κ3) is 1.83. The molecule has 0 saturated heterocycles. The molecule has 0 aliphatic carbocycles. The van der Waals surface area contributed by atoms with Crippen LogP contribution in [0.2, 0.25) is 0 Å². The number of benzene rings is 1. The van der Waals surface area contributed by atoms with Crippen LogP contribution in [0.25, 0.3) is 0 Å². The molecule has 70 valence electrons. The SMILES string of the molecule is Cc1ccc(C(=S)c2nnns2)cc1. The second kappa shape index (κ2) is 3.89. The molecule has 0 aliphatic rings. The molecule has 0 atom stereocenters. The molecule has 2 rings (SSSR count). The molecule has 0 spiro atoms. The summed E-state index contributed by atoms with van der Waals surface area (Å²) in [6.45, 7) is 2.04. The van der Waals surface area contributed by atoms with Crippen molar-refractivity contribution in [3.8, 4) is 0 Å². The Hall–Kier alpha value is -1.20. The standard InChI is InChI=1S/C9H7N3S2/c1-6-2-4-7(5-3-6)8(13)9-10-11-12-14-9/h2-5H,1H3. The van der Waals surface area contributed by atoms with Gasteiger partial charge in [-0.25, -0.2) is 0 Å². The number of nitrogens with zero attached hydrogens (tertiary/aromatic N) is 3. The summed E-state index contributed by atoms with van der Waals surface area (Å²) in [6.07, 6.45) is 0. The molecule has 3 nitrogen and oxygen atoms in total. The molecule has 1 aromatic carbocycles. The monoisotopic (exact) mass is 221 g/mol. The van der Waals surface area contributed by atoms with Gasteiger partial charge in [0.1, 0.15) is 0 Å². The second-order valence-electron chi connectivity index (χ2n) is 2.86. The maximum atomic E-state index is 5.25. The van der Waals surface area contributed by atoms with Crippen molar-refractivity contribution in [1.82, 2.24) is 14.8 Å². The van der Waals surface area contributed by atoms with E-state index in [-0.39, 0.29) is 0 Å². The van der Waals surface area contributed by atoms with E-state index in [1.807, 2.05) is 31.2 Å². The number of rotatable bonds is 2. The topological polar surface area (TPSA) is 38.7 Å². The minimum Gasteiger partial charge on any atom is -0.116 e. The lowest BCUT2D eigenvalue weighted by atomic mass is 10.1. The van der Waals surface area contributed by atoms with E-state index in [9.17, 15) is 0 Å². The molecule has 0 bridgehead atoms. The van der Waals surface area contributed by atoms with Crippen LogP contribution in [0.5, 0.6) is 0 Å². The molecule has 2 aromatic rings. The minimum absolute atomic E-state index is 0.698. The highest BCUT2D eigenvalue weighted by molar-refractivity contribution is 7.81. The zero-order chi connectivity index (χ0) is 9.97. The summed E-state index contributed by atoms with van der Waals surface area (Å²) in [5.41, 5.74) is 2.20. The summed E-state index contributed by atoms with van der Waals surface area (Å²) < 4.78 is 3.68. The van der Waals surface area contributed by atoms with E-state index < -0.39 is 0 Å². The average molecular weight is 221 g/mol. The van der Waals surface area contributed by atoms with E-state index in [1.165, 1.54) is 17.1 Å². The van der Waals surface area contributed by atoms with Crippen molar-refractivity contribution >= 4 is 28.6 Å². The van der Waals surface area contributed by atoms with Gasteiger partial charge < -0.3 is 0 Å². The van der Waals surface area contributed by atoms with Gasteiger partial charge >= 0.3 is 0 Å². The summed E-state index contributed by atoms with van der Waals surface area (Å²) in [5, 5.41) is 8.05. The largest absolute Gasteiger partial charge is 0.179 e. The molecule has 0 amide bonds. The Kier molecular flexibility index (Phi) is 2.60. The highest BCUT2D eigenvalue weighted by atomic mass is 32.1. The summed E-state index contributed by atoms with van der Waals surface area (Å²) in [4.78, 5) is 0.708. The van der Waals surface area contributed by atoms with E-state index in [0.29, 0.717) is 9.87 Å². The molecule has 0 radical (unpaired) electrons. The van der Waals surface area contributed by atoms with Crippen LogP contribution >= 0.6 is 23.8 Å². The molecule has 0 N–H and O–H groups in total. The summed E-state index contributed by atoms with van der Waals surface area (Å²) in [5.74, 6) is 0. The van der Waals surface area contributed by atoms with Crippen LogP contribution in [-0.2, 0) is 0 Å². The van der Waals surface area contributed by atoms with E-state index in [2.05, 4.69) is 14.8 Å². The molecule has 0 saturated carbocycles. The quantitative estimate of drug-likeness (QED) is 0.574. The first kappa shape index (κ1) is 9.36. The maximum absolute atomic E-state index is 5.25. The van der Waals surface area contributed by atoms with Crippen LogP contribution in [0.15, 0.2) is 24.3 Å². The van der Waals surface area contributed by atoms with Gasteiger partial charge in [0.05, 0.1) is 4.86 Å². The van der Waals surface area contributed by atoms with Crippen LogP contribution in [0.1, 0.15) is 16.1 Å². The van der Waals surface area contributed by atoms with Crippen LogP contribution in [0, 0.1) is 6.92 Å². The lowest BCUT2D eigenvalue weighted by molar-refractivity contribution is 0.954. The molecule has 5 heteroatoms. The van der Waals surface area contributed by atoms with Crippen LogP contribution in [0.3, 0.4) is 0 Å². The number of thiocarbonyl (C=S) groups is 1. The Balaban J connectivity index is 2.33. The lowest BCUT2D eigenvalue weighted by Gasteiger charge is -1.99. The van der Waals surface area contributed by atoms with Crippen molar-refractivity contribution in [1.29, 1.82) is 0 Å². The number of aryl methyl sites for hydroxylation is 1. The van der Waals surface area contributed by atoms with Crippen molar-refractivity contribution < 1.29 is 0 Å². The third-order valence-corrected chi connectivity index (χ3v) is 2.98. The van der Waals surface area contributed by atoms with Crippen molar-refractivity contribution in [2.24, 2.45) is 0 Å². The Bertz CT molecular complexity index is 434. The Morgan fingerprint density at radius 3 is 2.57 bits per heavy atom. The van der Waals surface area contributed by atoms with Gasteiger partial charge in [0.2, 0.25) is 0 Å². The molecular weight excluding hydrogens is 214 g/mol. The normalized spacial score (nSPS) is 10.1. The van der Waals surface area contributed by atoms with Crippen molar-refractivity contribution in [2.75, 3.05) is 0 Å². The molecule has 0 fully saturated rings. The fraction of sp³-hybridized carbons (Fsp3) is 0.111. The number of hydrogen-bond acceptors (Lipinski definition) is 5. The highest BCUT2D eigenvalue weighted by Crippen LogP contribution is 2.11.